The van der Waals surface area contributed by atoms with E-state index < -0.39 is 22.6 Å². The van der Waals surface area contributed by atoms with Crippen LogP contribution in [0.1, 0.15) is 73.6 Å². The molecule has 0 aromatic carbocycles. The molecule has 0 spiro atoms. The van der Waals surface area contributed by atoms with E-state index in [1.54, 1.807) is 0 Å². The van der Waals surface area contributed by atoms with Gasteiger partial charge >= 0.3 is 6.09 Å². The van der Waals surface area contributed by atoms with E-state index in [4.69, 9.17) is 9.47 Å². The summed E-state index contributed by atoms with van der Waals surface area (Å²) in [5, 5.41) is 2.98. The quantitative estimate of drug-likeness (QED) is 0.625. The number of piperidine rings is 1. The Labute approximate surface area is 189 Å². The Hall–Kier alpha value is -1.34. The Kier molecular flexibility index (Phi) is 8.42. The molecule has 2 atom stereocenters. The number of alkyl carbamates (subject to hydrolysis) is 1. The maximum Gasteiger partial charge on any atom is 0.408 e. The predicted octanol–water partition coefficient (Wildman–Crippen LogP) is 3.67. The molecule has 0 aromatic rings. The average Bonchev–Trinajstić information content (AvgIpc) is 2.65. The van der Waals surface area contributed by atoms with Gasteiger partial charge in [0.15, 0.2) is 0 Å². The minimum Gasteiger partial charge on any atom is -0.444 e. The van der Waals surface area contributed by atoms with Crippen molar-refractivity contribution < 1.29 is 19.1 Å². The van der Waals surface area contributed by atoms with E-state index in [0.717, 1.165) is 32.5 Å². The molecular formula is C24H45N3O4. The predicted molar refractivity (Wildman–Crippen MR) is 123 cm³/mol. The summed E-state index contributed by atoms with van der Waals surface area (Å²) in [5.74, 6) is 0.676. The van der Waals surface area contributed by atoms with E-state index >= 15 is 0 Å². The summed E-state index contributed by atoms with van der Waals surface area (Å²) in [6.07, 6.45) is 4.32. The standard InChI is InChI=1S/C24H45N3O4/c1-9-30-19-17-24(23(19,5)6,25-21(29)31-22(2,3)4)20(28)27-15-12-18(13-16-27)11-10-14-26(7)8/h18-19H,9-17H2,1-8H3,(H,25,29)/t19-,24+/m0/s1. The van der Waals surface area contributed by atoms with Crippen LogP contribution < -0.4 is 5.32 Å². The molecule has 7 nitrogen and oxygen atoms in total. The van der Waals surface area contributed by atoms with E-state index in [0.29, 0.717) is 18.9 Å². The highest BCUT2D eigenvalue weighted by Crippen LogP contribution is 2.52. The van der Waals surface area contributed by atoms with Crippen LogP contribution in [0.3, 0.4) is 0 Å². The highest BCUT2D eigenvalue weighted by molar-refractivity contribution is 5.92. The average molecular weight is 440 g/mol. The number of carbonyl (C=O) groups is 2. The first kappa shape index (κ1) is 25.9. The van der Waals surface area contributed by atoms with Crippen molar-refractivity contribution in [3.63, 3.8) is 0 Å². The van der Waals surface area contributed by atoms with Gasteiger partial charge in [0.05, 0.1) is 6.10 Å². The molecule has 1 aliphatic heterocycles. The Balaban J connectivity index is 2.07. The van der Waals surface area contributed by atoms with E-state index in [-0.39, 0.29) is 12.0 Å². The molecule has 31 heavy (non-hydrogen) atoms. The van der Waals surface area contributed by atoms with Crippen LogP contribution in [-0.4, -0.2) is 79.4 Å². The molecular weight excluding hydrogens is 394 g/mol. The van der Waals surface area contributed by atoms with Crippen molar-refractivity contribution in [1.82, 2.24) is 15.1 Å². The molecule has 180 valence electrons. The highest BCUT2D eigenvalue weighted by Gasteiger charge is 2.67. The van der Waals surface area contributed by atoms with Crippen LogP contribution in [0.15, 0.2) is 0 Å². The number of nitrogens with zero attached hydrogens (tertiary/aromatic N) is 2. The van der Waals surface area contributed by atoms with Crippen molar-refractivity contribution in [2.45, 2.75) is 90.9 Å². The fourth-order valence-corrected chi connectivity index (χ4v) is 4.91. The fraction of sp³-hybridized carbons (Fsp3) is 0.917. The lowest BCUT2D eigenvalue weighted by molar-refractivity contribution is -0.187. The van der Waals surface area contributed by atoms with E-state index in [2.05, 4.69) is 24.3 Å². The third kappa shape index (κ3) is 6.13. The fourth-order valence-electron chi connectivity index (χ4n) is 4.91. The molecule has 1 heterocycles. The summed E-state index contributed by atoms with van der Waals surface area (Å²) >= 11 is 0. The number of ether oxygens (including phenoxy) is 2. The van der Waals surface area contributed by atoms with Crippen molar-refractivity contribution in [2.75, 3.05) is 40.3 Å². The smallest absolute Gasteiger partial charge is 0.408 e. The number of rotatable bonds is 8. The molecule has 0 radical (unpaired) electrons. The SMILES string of the molecule is CCO[C@H]1C[C@@](NC(=O)OC(C)(C)C)(C(=O)N2CCC(CCCN(C)C)CC2)C1(C)C. The summed E-state index contributed by atoms with van der Waals surface area (Å²) in [6.45, 7) is 14.7. The normalized spacial score (nSPS) is 26.5. The Morgan fingerprint density at radius 3 is 2.26 bits per heavy atom. The summed E-state index contributed by atoms with van der Waals surface area (Å²) in [7, 11) is 4.21. The monoisotopic (exact) mass is 439 g/mol. The van der Waals surface area contributed by atoms with Gasteiger partial charge in [-0.15, -0.1) is 0 Å². The van der Waals surface area contributed by atoms with Gasteiger partial charge in [0.1, 0.15) is 11.1 Å². The van der Waals surface area contributed by atoms with Gasteiger partial charge in [0.2, 0.25) is 5.91 Å². The Bertz CT molecular complexity index is 621. The maximum absolute atomic E-state index is 13.8. The van der Waals surface area contributed by atoms with Crippen LogP contribution in [-0.2, 0) is 14.3 Å². The van der Waals surface area contributed by atoms with E-state index in [1.165, 1.54) is 12.8 Å². The van der Waals surface area contributed by atoms with Gasteiger partial charge in [-0.2, -0.15) is 0 Å². The van der Waals surface area contributed by atoms with Gasteiger partial charge in [-0.1, -0.05) is 13.8 Å². The molecule has 1 saturated carbocycles. The zero-order valence-electron chi connectivity index (χ0n) is 21.0. The molecule has 2 amide bonds. The number of amides is 2. The highest BCUT2D eigenvalue weighted by atomic mass is 16.6. The summed E-state index contributed by atoms with van der Waals surface area (Å²) in [4.78, 5) is 30.6. The molecule has 1 aliphatic carbocycles. The Morgan fingerprint density at radius 1 is 1.16 bits per heavy atom. The molecule has 1 N–H and O–H groups in total. The molecule has 0 aromatic heterocycles. The molecule has 1 saturated heterocycles. The number of hydrogen-bond acceptors (Lipinski definition) is 5. The van der Waals surface area contributed by atoms with Crippen molar-refractivity contribution in [3.05, 3.63) is 0 Å². The summed E-state index contributed by atoms with van der Waals surface area (Å²) < 4.78 is 11.4. The van der Waals surface area contributed by atoms with Crippen molar-refractivity contribution in [3.8, 4) is 0 Å². The first-order valence-electron chi connectivity index (χ1n) is 11.9. The number of hydrogen-bond donors (Lipinski definition) is 1. The van der Waals surface area contributed by atoms with Gasteiger partial charge in [0, 0.05) is 31.5 Å². The minimum atomic E-state index is -0.993. The van der Waals surface area contributed by atoms with Crippen LogP contribution in [0.25, 0.3) is 0 Å². The van der Waals surface area contributed by atoms with Crippen LogP contribution in [0, 0.1) is 11.3 Å². The first-order valence-corrected chi connectivity index (χ1v) is 11.9. The van der Waals surface area contributed by atoms with Gasteiger partial charge in [0.25, 0.3) is 0 Å². The van der Waals surface area contributed by atoms with Crippen LogP contribution in [0.2, 0.25) is 0 Å². The lowest BCUT2D eigenvalue weighted by Gasteiger charge is -2.60. The first-order chi connectivity index (χ1) is 14.3. The van der Waals surface area contributed by atoms with Crippen molar-refractivity contribution >= 4 is 12.0 Å². The number of likely N-dealkylation sites (tertiary alicyclic amines) is 1. The maximum atomic E-state index is 13.8. The summed E-state index contributed by atoms with van der Waals surface area (Å²) in [6, 6.07) is 0. The lowest BCUT2D eigenvalue weighted by Crippen LogP contribution is -2.78. The second-order valence-corrected chi connectivity index (χ2v) is 11.1. The molecule has 2 aliphatic rings. The second kappa shape index (κ2) is 10.1. The zero-order valence-corrected chi connectivity index (χ0v) is 21.0. The second-order valence-electron chi connectivity index (χ2n) is 11.1. The largest absolute Gasteiger partial charge is 0.444 e. The topological polar surface area (TPSA) is 71.1 Å². The van der Waals surface area contributed by atoms with Crippen LogP contribution in [0.4, 0.5) is 4.79 Å². The van der Waals surface area contributed by atoms with Crippen LogP contribution >= 0.6 is 0 Å². The molecule has 0 bridgehead atoms. The number of carbonyl (C=O) groups excluding carboxylic acids is 2. The minimum absolute atomic E-state index is 0.00561. The zero-order chi connectivity index (χ0) is 23.4. The van der Waals surface area contributed by atoms with Crippen molar-refractivity contribution in [1.29, 1.82) is 0 Å². The summed E-state index contributed by atoms with van der Waals surface area (Å²) in [5.41, 5.74) is -2.13. The third-order valence-corrected chi connectivity index (χ3v) is 6.96. The van der Waals surface area contributed by atoms with Gasteiger partial charge in [-0.3, -0.25) is 4.79 Å². The van der Waals surface area contributed by atoms with Crippen molar-refractivity contribution in [2.24, 2.45) is 11.3 Å². The van der Waals surface area contributed by atoms with E-state index in [1.807, 2.05) is 46.4 Å². The van der Waals surface area contributed by atoms with E-state index in [9.17, 15) is 9.59 Å². The molecule has 2 fully saturated rings. The molecule has 0 unspecified atom stereocenters. The van der Waals surface area contributed by atoms with Gasteiger partial charge < -0.3 is 24.6 Å². The van der Waals surface area contributed by atoms with Crippen LogP contribution in [0.5, 0.6) is 0 Å². The number of nitrogens with one attached hydrogen (secondary N) is 1. The van der Waals surface area contributed by atoms with Gasteiger partial charge in [-0.25, -0.2) is 4.79 Å². The Morgan fingerprint density at radius 2 is 1.77 bits per heavy atom. The lowest BCUT2D eigenvalue weighted by atomic mass is 9.53. The third-order valence-electron chi connectivity index (χ3n) is 6.96. The molecule has 7 heteroatoms. The van der Waals surface area contributed by atoms with Gasteiger partial charge in [-0.05, 0) is 79.9 Å². The molecule has 2 rings (SSSR count).